The summed E-state index contributed by atoms with van der Waals surface area (Å²) < 4.78 is 0. The Morgan fingerprint density at radius 1 is 0.923 bits per heavy atom. The number of nitrogens with one attached hydrogen (secondary N) is 1. The molecule has 130 valence electrons. The van der Waals surface area contributed by atoms with Gasteiger partial charge in [0, 0.05) is 22.7 Å². The van der Waals surface area contributed by atoms with Gasteiger partial charge >= 0.3 is 6.03 Å². The van der Waals surface area contributed by atoms with Crippen LogP contribution in [0.15, 0.2) is 94.8 Å². The van der Waals surface area contributed by atoms with Crippen molar-refractivity contribution in [2.45, 2.75) is 10.8 Å². The number of hydrogen-bond acceptors (Lipinski definition) is 2. The number of anilines is 1. The molecule has 4 heteroatoms. The number of aliphatic imine (C=N–C) groups is 1. The van der Waals surface area contributed by atoms with Gasteiger partial charge in [0.2, 0.25) is 0 Å². The van der Waals surface area contributed by atoms with Crippen LogP contribution in [0, 0.1) is 0 Å². The average Bonchev–Trinajstić information content (AvgIpc) is 2.70. The molecule has 3 aromatic carbocycles. The molecule has 0 radical (unpaired) electrons. The fraction of sp³-hybridized carbons (Fsp3) is 0.0909. The van der Waals surface area contributed by atoms with Gasteiger partial charge in [0.25, 0.3) is 0 Å². The lowest BCUT2D eigenvalue weighted by atomic mass is 9.92. The van der Waals surface area contributed by atoms with Crippen molar-refractivity contribution in [1.29, 1.82) is 0 Å². The van der Waals surface area contributed by atoms with E-state index in [0.29, 0.717) is 0 Å². The molecule has 0 bridgehead atoms. The second kappa shape index (κ2) is 9.02. The predicted molar refractivity (Wildman–Crippen MR) is 110 cm³/mol. The Hall–Kier alpha value is -2.85. The molecule has 1 N–H and O–H groups in total. The van der Waals surface area contributed by atoms with Crippen molar-refractivity contribution in [3.63, 3.8) is 0 Å². The molecular weight excluding hydrogens is 340 g/mol. The number of carbonyl (C=O) groups is 1. The van der Waals surface area contributed by atoms with Gasteiger partial charge in [-0.15, -0.1) is 11.8 Å². The summed E-state index contributed by atoms with van der Waals surface area (Å²) in [4.78, 5) is 17.5. The van der Waals surface area contributed by atoms with E-state index in [1.165, 1.54) is 0 Å². The summed E-state index contributed by atoms with van der Waals surface area (Å²) in [5.74, 6) is -0.0688. The third-order valence-electron chi connectivity index (χ3n) is 3.98. The zero-order valence-electron chi connectivity index (χ0n) is 14.5. The molecule has 0 aliphatic heterocycles. The Morgan fingerprint density at radius 3 is 2.12 bits per heavy atom. The Balaban J connectivity index is 1.79. The van der Waals surface area contributed by atoms with Gasteiger partial charge in [0.05, 0.1) is 0 Å². The van der Waals surface area contributed by atoms with Gasteiger partial charge < -0.3 is 5.32 Å². The Kier molecular flexibility index (Phi) is 6.23. The molecule has 0 heterocycles. The number of amides is 2. The van der Waals surface area contributed by atoms with Crippen LogP contribution in [0.5, 0.6) is 0 Å². The van der Waals surface area contributed by atoms with E-state index < -0.39 is 0 Å². The highest BCUT2D eigenvalue weighted by atomic mass is 32.2. The maximum absolute atomic E-state index is 12.3. The average molecular weight is 360 g/mol. The molecular formula is C22H20N2OS. The van der Waals surface area contributed by atoms with Crippen LogP contribution in [0.3, 0.4) is 0 Å². The fourth-order valence-electron chi connectivity index (χ4n) is 2.68. The molecule has 2 amide bonds. The molecule has 0 aliphatic rings. The maximum Gasteiger partial charge on any atom is 0.345 e. The van der Waals surface area contributed by atoms with Gasteiger partial charge in [0.1, 0.15) is 0 Å². The second-order valence-electron chi connectivity index (χ2n) is 5.74. The Morgan fingerprint density at radius 2 is 1.54 bits per heavy atom. The molecule has 0 aliphatic carbocycles. The van der Waals surface area contributed by atoms with E-state index in [2.05, 4.69) is 10.3 Å². The lowest BCUT2D eigenvalue weighted by Crippen LogP contribution is -2.09. The van der Waals surface area contributed by atoms with E-state index >= 15 is 0 Å². The van der Waals surface area contributed by atoms with Crippen LogP contribution in [0.25, 0.3) is 0 Å². The van der Waals surface area contributed by atoms with Crippen molar-refractivity contribution < 1.29 is 4.79 Å². The minimum Gasteiger partial charge on any atom is -0.306 e. The molecule has 0 atom stereocenters. The van der Waals surface area contributed by atoms with Crippen molar-refractivity contribution in [3.8, 4) is 0 Å². The number of carbonyl (C=O) groups excluding carboxylic acids is 1. The molecule has 0 aromatic heterocycles. The first kappa shape index (κ1) is 18.0. The molecule has 3 rings (SSSR count). The van der Waals surface area contributed by atoms with Gasteiger partial charge in [-0.25, -0.2) is 9.79 Å². The molecule has 3 aromatic rings. The Bertz CT molecular complexity index is 839. The zero-order valence-corrected chi connectivity index (χ0v) is 15.3. The summed E-state index contributed by atoms with van der Waals surface area (Å²) >= 11 is 1.63. The van der Waals surface area contributed by atoms with Crippen molar-refractivity contribution in [2.24, 2.45) is 4.99 Å². The number of benzene rings is 3. The van der Waals surface area contributed by atoms with Gasteiger partial charge in [0.15, 0.2) is 0 Å². The summed E-state index contributed by atoms with van der Waals surface area (Å²) in [6, 6.07) is 27.5. The minimum atomic E-state index is -0.375. The lowest BCUT2D eigenvalue weighted by Gasteiger charge is -2.13. The van der Waals surface area contributed by atoms with Crippen LogP contribution in [-0.2, 0) is 0 Å². The first-order valence-electron chi connectivity index (χ1n) is 8.35. The quantitative estimate of drug-likeness (QED) is 0.458. The van der Waals surface area contributed by atoms with Gasteiger partial charge in [-0.2, -0.15) is 0 Å². The summed E-state index contributed by atoms with van der Waals surface area (Å²) in [5.41, 5.74) is 2.94. The van der Waals surface area contributed by atoms with E-state index in [9.17, 15) is 4.79 Å². The van der Waals surface area contributed by atoms with E-state index in [4.69, 9.17) is 0 Å². The van der Waals surface area contributed by atoms with Gasteiger partial charge in [-0.05, 0) is 35.6 Å². The lowest BCUT2D eigenvalue weighted by molar-refractivity contribution is 0.259. The van der Waals surface area contributed by atoms with Crippen LogP contribution in [0.2, 0.25) is 0 Å². The number of thioether (sulfide) groups is 1. The van der Waals surface area contributed by atoms with Crippen LogP contribution in [0.4, 0.5) is 10.5 Å². The smallest absolute Gasteiger partial charge is 0.306 e. The maximum atomic E-state index is 12.3. The predicted octanol–water partition coefficient (Wildman–Crippen LogP) is 5.84. The third kappa shape index (κ3) is 4.83. The van der Waals surface area contributed by atoms with Crippen molar-refractivity contribution >= 4 is 29.7 Å². The molecule has 26 heavy (non-hydrogen) atoms. The molecule has 0 spiro atoms. The van der Waals surface area contributed by atoms with E-state index in [-0.39, 0.29) is 11.9 Å². The SMILES string of the molecule is CSc1cccc(NC(=O)N=CC(c2ccccc2)c2ccccc2)c1. The summed E-state index contributed by atoms with van der Waals surface area (Å²) in [6.07, 6.45) is 3.71. The van der Waals surface area contributed by atoms with Gasteiger partial charge in [-0.3, -0.25) is 0 Å². The highest BCUT2D eigenvalue weighted by Crippen LogP contribution is 2.23. The normalized spacial score (nSPS) is 11.0. The molecule has 0 saturated heterocycles. The van der Waals surface area contributed by atoms with Crippen LogP contribution >= 0.6 is 11.8 Å². The van der Waals surface area contributed by atoms with Crippen molar-refractivity contribution in [3.05, 3.63) is 96.1 Å². The van der Waals surface area contributed by atoms with Crippen molar-refractivity contribution in [2.75, 3.05) is 11.6 Å². The molecule has 3 nitrogen and oxygen atoms in total. The van der Waals surface area contributed by atoms with Crippen LogP contribution in [0.1, 0.15) is 17.0 Å². The first-order valence-corrected chi connectivity index (χ1v) is 9.58. The topological polar surface area (TPSA) is 41.5 Å². The largest absolute Gasteiger partial charge is 0.345 e. The summed E-state index contributed by atoms with van der Waals surface area (Å²) in [6.45, 7) is 0. The third-order valence-corrected chi connectivity index (χ3v) is 4.70. The molecule has 0 fully saturated rings. The van der Waals surface area contributed by atoms with E-state index in [1.54, 1.807) is 18.0 Å². The Labute approximate surface area is 158 Å². The highest BCUT2D eigenvalue weighted by molar-refractivity contribution is 7.98. The number of hydrogen-bond donors (Lipinski definition) is 1. The van der Waals surface area contributed by atoms with Crippen LogP contribution < -0.4 is 5.32 Å². The number of nitrogens with zero attached hydrogens (tertiary/aromatic N) is 1. The van der Waals surface area contributed by atoms with E-state index in [1.807, 2.05) is 91.2 Å². The summed E-state index contributed by atoms with van der Waals surface area (Å²) in [5, 5.41) is 2.82. The zero-order chi connectivity index (χ0) is 18.2. The minimum absolute atomic E-state index is 0.0688. The number of rotatable bonds is 5. The van der Waals surface area contributed by atoms with Gasteiger partial charge in [-0.1, -0.05) is 66.7 Å². The molecule has 0 saturated carbocycles. The monoisotopic (exact) mass is 360 g/mol. The number of urea groups is 1. The van der Waals surface area contributed by atoms with Crippen molar-refractivity contribution in [1.82, 2.24) is 0 Å². The van der Waals surface area contributed by atoms with Crippen LogP contribution in [-0.4, -0.2) is 18.5 Å². The summed E-state index contributed by atoms with van der Waals surface area (Å²) in [7, 11) is 0. The first-order chi connectivity index (χ1) is 12.8. The highest BCUT2D eigenvalue weighted by Gasteiger charge is 2.12. The fourth-order valence-corrected chi connectivity index (χ4v) is 3.14. The second-order valence-corrected chi connectivity index (χ2v) is 6.62. The molecule has 0 unspecified atom stereocenters. The standard InChI is InChI=1S/C22H20N2OS/c1-26-20-14-8-13-19(15-20)24-22(25)23-16-21(17-9-4-2-5-10-17)18-11-6-3-7-12-18/h2-16,21H,1H3,(H,24,25). The van der Waals surface area contributed by atoms with E-state index in [0.717, 1.165) is 21.7 Å².